The van der Waals surface area contributed by atoms with Gasteiger partial charge in [-0.2, -0.15) is 0 Å². The number of hydrogen-bond donors (Lipinski definition) is 3. The number of amides is 2. The first kappa shape index (κ1) is 26.2. The number of aromatic carboxylic acids is 1. The zero-order chi connectivity index (χ0) is 27.0. The van der Waals surface area contributed by atoms with Gasteiger partial charge in [0.1, 0.15) is 4.88 Å². The largest absolute Gasteiger partial charge is 0.478 e. The van der Waals surface area contributed by atoms with Gasteiger partial charge in [-0.05, 0) is 54.8 Å². The van der Waals surface area contributed by atoms with Gasteiger partial charge in [0.2, 0.25) is 0 Å². The van der Waals surface area contributed by atoms with Crippen LogP contribution in [0.15, 0.2) is 66.7 Å². The number of thiophene rings is 1. The zero-order valence-electron chi connectivity index (χ0n) is 19.9. The van der Waals surface area contributed by atoms with E-state index in [0.29, 0.717) is 31.0 Å². The number of piperidine rings is 1. The summed E-state index contributed by atoms with van der Waals surface area (Å²) >= 11 is 13.6. The summed E-state index contributed by atoms with van der Waals surface area (Å²) in [5, 5.41) is 25.0. The molecule has 0 radical (unpaired) electrons. The van der Waals surface area contributed by atoms with Gasteiger partial charge in [-0.3, -0.25) is 9.59 Å². The van der Waals surface area contributed by atoms with Crippen molar-refractivity contribution in [3.8, 4) is 0 Å². The Bertz CT molecular complexity index is 1560. The van der Waals surface area contributed by atoms with E-state index < -0.39 is 17.5 Å². The van der Waals surface area contributed by atoms with E-state index in [1.54, 1.807) is 35.2 Å². The molecule has 0 spiro atoms. The number of nitrogens with one attached hydrogen (secondary N) is 1. The van der Waals surface area contributed by atoms with Gasteiger partial charge in [0.15, 0.2) is 0 Å². The Kier molecular flexibility index (Phi) is 7.15. The molecule has 0 aliphatic carbocycles. The Hall–Kier alpha value is -3.43. The predicted octanol–water partition coefficient (Wildman–Crippen LogP) is 6.28. The third-order valence-corrected chi connectivity index (χ3v) is 8.67. The molecule has 1 fully saturated rings. The van der Waals surface area contributed by atoms with Gasteiger partial charge in [-0.25, -0.2) is 4.79 Å². The lowest BCUT2D eigenvalue weighted by Crippen LogP contribution is -2.45. The molecule has 194 valence electrons. The fourth-order valence-electron chi connectivity index (χ4n) is 4.62. The topological polar surface area (TPSA) is 107 Å². The van der Waals surface area contributed by atoms with Crippen molar-refractivity contribution in [3.05, 3.63) is 98.3 Å². The maximum absolute atomic E-state index is 13.3. The predicted molar refractivity (Wildman–Crippen MR) is 149 cm³/mol. The van der Waals surface area contributed by atoms with E-state index >= 15 is 0 Å². The quantitative estimate of drug-likeness (QED) is 0.262. The summed E-state index contributed by atoms with van der Waals surface area (Å²) in [5.74, 6) is -2.13. The molecular formula is C28H22Cl2N2O5S. The van der Waals surface area contributed by atoms with E-state index in [1.807, 2.05) is 18.2 Å². The Morgan fingerprint density at radius 1 is 0.947 bits per heavy atom. The molecule has 7 nitrogen and oxygen atoms in total. The molecule has 1 aliphatic rings. The molecule has 0 unspecified atom stereocenters. The standard InChI is InChI=1S/C28H22Cl2N2O5S/c29-18-8-6-17(7-9-18)28(37)11-13-32(14-12-28)26(34)16-5-10-19(27(35)36)21(15-16)31-25(33)24-23(30)20-3-1-2-4-22(20)38-24/h1-10,15,37H,11-14H2,(H,31,33)(H,35,36). The highest BCUT2D eigenvalue weighted by Gasteiger charge is 2.36. The molecule has 5 rings (SSSR count). The van der Waals surface area contributed by atoms with Crippen LogP contribution >= 0.6 is 34.5 Å². The van der Waals surface area contributed by atoms with Crippen LogP contribution in [0.1, 0.15) is 48.8 Å². The van der Waals surface area contributed by atoms with Crippen LogP contribution in [0.4, 0.5) is 5.69 Å². The summed E-state index contributed by atoms with van der Waals surface area (Å²) in [7, 11) is 0. The maximum atomic E-state index is 13.3. The SMILES string of the molecule is O=C(O)c1ccc(C(=O)N2CCC(O)(c3ccc(Cl)cc3)CC2)cc1NC(=O)c1sc2ccccc2c1Cl. The number of likely N-dealkylation sites (tertiary alicyclic amines) is 1. The molecule has 1 saturated heterocycles. The van der Waals surface area contributed by atoms with Crippen LogP contribution in [0, 0.1) is 0 Å². The second-order valence-corrected chi connectivity index (χ2v) is 11.0. The van der Waals surface area contributed by atoms with Crippen molar-refractivity contribution in [2.24, 2.45) is 0 Å². The van der Waals surface area contributed by atoms with Gasteiger partial charge < -0.3 is 20.4 Å². The smallest absolute Gasteiger partial charge is 0.337 e. The van der Waals surface area contributed by atoms with Crippen LogP contribution in [-0.4, -0.2) is 46.0 Å². The molecule has 0 atom stereocenters. The van der Waals surface area contributed by atoms with Gasteiger partial charge in [-0.1, -0.05) is 53.5 Å². The maximum Gasteiger partial charge on any atom is 0.337 e. The van der Waals surface area contributed by atoms with E-state index in [2.05, 4.69) is 5.32 Å². The Labute approximate surface area is 232 Å². The van der Waals surface area contributed by atoms with Crippen molar-refractivity contribution < 1.29 is 24.6 Å². The third-order valence-electron chi connectivity index (χ3n) is 6.75. The first-order chi connectivity index (χ1) is 18.2. The molecular weight excluding hydrogens is 547 g/mol. The van der Waals surface area contributed by atoms with E-state index in [1.165, 1.54) is 29.5 Å². The van der Waals surface area contributed by atoms with Crippen LogP contribution in [0.5, 0.6) is 0 Å². The minimum atomic E-state index is -1.24. The number of carbonyl (C=O) groups excluding carboxylic acids is 2. The second kappa shape index (κ2) is 10.4. The summed E-state index contributed by atoms with van der Waals surface area (Å²) in [6.07, 6.45) is 0.670. The van der Waals surface area contributed by atoms with E-state index in [0.717, 1.165) is 15.6 Å². The molecule has 38 heavy (non-hydrogen) atoms. The number of carboxylic acids is 1. The summed E-state index contributed by atoms with van der Waals surface area (Å²) in [5.41, 5.74) is -0.259. The number of halogens is 2. The lowest BCUT2D eigenvalue weighted by atomic mass is 9.84. The molecule has 2 amide bonds. The average molecular weight is 569 g/mol. The highest BCUT2D eigenvalue weighted by Crippen LogP contribution is 2.36. The molecule has 10 heteroatoms. The Morgan fingerprint density at radius 3 is 2.29 bits per heavy atom. The molecule has 3 aromatic carbocycles. The number of carboxylic acid groups (broad SMARTS) is 1. The fraction of sp³-hybridized carbons (Fsp3) is 0.179. The van der Waals surface area contributed by atoms with Crippen molar-refractivity contribution in [1.29, 1.82) is 0 Å². The highest BCUT2D eigenvalue weighted by atomic mass is 35.5. The third kappa shape index (κ3) is 5.00. The summed E-state index contributed by atoms with van der Waals surface area (Å²) in [6, 6.07) is 18.4. The Balaban J connectivity index is 1.36. The number of benzene rings is 3. The number of fused-ring (bicyclic) bond motifs is 1. The molecule has 0 bridgehead atoms. The molecule has 0 saturated carbocycles. The fourth-order valence-corrected chi connectivity index (χ4v) is 6.16. The minimum Gasteiger partial charge on any atom is -0.478 e. The zero-order valence-corrected chi connectivity index (χ0v) is 22.2. The molecule has 1 aromatic heterocycles. The van der Waals surface area contributed by atoms with Gasteiger partial charge in [0.05, 0.1) is 21.9 Å². The molecule has 1 aliphatic heterocycles. The van der Waals surface area contributed by atoms with Crippen LogP contribution in [0.25, 0.3) is 10.1 Å². The minimum absolute atomic E-state index is 0.00319. The van der Waals surface area contributed by atoms with Crippen molar-refractivity contribution in [2.75, 3.05) is 18.4 Å². The van der Waals surface area contributed by atoms with Crippen LogP contribution in [-0.2, 0) is 5.60 Å². The normalized spacial score (nSPS) is 14.9. The van der Waals surface area contributed by atoms with E-state index in [9.17, 15) is 24.6 Å². The second-order valence-electron chi connectivity index (χ2n) is 9.09. The van der Waals surface area contributed by atoms with Crippen molar-refractivity contribution >= 4 is 68.1 Å². The van der Waals surface area contributed by atoms with Crippen LogP contribution in [0.2, 0.25) is 10.0 Å². The number of carbonyl (C=O) groups is 3. The van der Waals surface area contributed by atoms with Crippen molar-refractivity contribution in [3.63, 3.8) is 0 Å². The Morgan fingerprint density at radius 2 is 1.63 bits per heavy atom. The number of anilines is 1. The van der Waals surface area contributed by atoms with Crippen LogP contribution < -0.4 is 5.32 Å². The van der Waals surface area contributed by atoms with Gasteiger partial charge in [0.25, 0.3) is 11.8 Å². The lowest BCUT2D eigenvalue weighted by molar-refractivity contribution is -0.0211. The number of nitrogens with zero attached hydrogens (tertiary/aromatic N) is 1. The van der Waals surface area contributed by atoms with E-state index in [-0.39, 0.29) is 32.6 Å². The molecule has 2 heterocycles. The summed E-state index contributed by atoms with van der Waals surface area (Å²) in [4.78, 5) is 40.1. The van der Waals surface area contributed by atoms with E-state index in [4.69, 9.17) is 23.2 Å². The number of hydrogen-bond acceptors (Lipinski definition) is 5. The van der Waals surface area contributed by atoms with Gasteiger partial charge in [0, 0.05) is 33.8 Å². The van der Waals surface area contributed by atoms with Crippen LogP contribution in [0.3, 0.4) is 0 Å². The first-order valence-corrected chi connectivity index (χ1v) is 13.4. The van der Waals surface area contributed by atoms with Gasteiger partial charge in [-0.15, -0.1) is 11.3 Å². The highest BCUT2D eigenvalue weighted by molar-refractivity contribution is 7.21. The summed E-state index contributed by atoms with van der Waals surface area (Å²) in [6.45, 7) is 0.607. The molecule has 4 aromatic rings. The first-order valence-electron chi connectivity index (χ1n) is 11.8. The number of rotatable bonds is 5. The average Bonchev–Trinajstić information content (AvgIpc) is 3.25. The monoisotopic (exact) mass is 568 g/mol. The molecule has 3 N–H and O–H groups in total. The number of aliphatic hydroxyl groups is 1. The van der Waals surface area contributed by atoms with Gasteiger partial charge >= 0.3 is 5.97 Å². The van der Waals surface area contributed by atoms with Crippen molar-refractivity contribution in [2.45, 2.75) is 18.4 Å². The van der Waals surface area contributed by atoms with Crippen molar-refractivity contribution in [1.82, 2.24) is 4.90 Å². The summed E-state index contributed by atoms with van der Waals surface area (Å²) < 4.78 is 0.827. The lowest BCUT2D eigenvalue weighted by Gasteiger charge is -2.38.